The topological polar surface area (TPSA) is 54.5 Å². The van der Waals surface area contributed by atoms with Crippen molar-refractivity contribution in [2.45, 2.75) is 34.4 Å². The first-order chi connectivity index (χ1) is 8.25. The van der Waals surface area contributed by atoms with Gasteiger partial charge in [0, 0.05) is 6.54 Å². The second kappa shape index (κ2) is 6.02. The van der Waals surface area contributed by atoms with Gasteiger partial charge in [-0.3, -0.25) is 0 Å². The molecule has 0 aliphatic rings. The molecule has 0 aliphatic heterocycles. The number of hydrogen-bond acceptors (Lipinski definition) is 3. The monoisotopic (exact) mass is 348 g/mol. The zero-order valence-corrected chi connectivity index (χ0v) is 13.1. The molecule has 0 spiro atoms. The van der Waals surface area contributed by atoms with E-state index in [1.54, 1.807) is 0 Å². The number of halogens is 5. The van der Waals surface area contributed by atoms with Gasteiger partial charge in [-0.05, 0) is 6.42 Å². The van der Waals surface area contributed by atoms with Crippen molar-refractivity contribution in [3.05, 3.63) is 11.4 Å². The highest BCUT2D eigenvalue weighted by Crippen LogP contribution is 2.52. The lowest BCUT2D eigenvalue weighted by atomic mass is 10.2. The van der Waals surface area contributed by atoms with Crippen LogP contribution in [0.1, 0.15) is 31.2 Å². The summed E-state index contributed by atoms with van der Waals surface area (Å²) in [5, 5.41) is 16.7. The summed E-state index contributed by atoms with van der Waals surface area (Å²) in [5.74, 6) is 0. The standard InChI is InChI=1S/C9H9Cl5N4/c1-2-3-4-18-6(5-15)7(16-17-18)8(10,11)9(12,13)14/h2-4H2,1H3. The minimum Gasteiger partial charge on any atom is -0.234 e. The number of aryl methyl sites for hydroxylation is 1. The zero-order chi connectivity index (χ0) is 14.0. The van der Waals surface area contributed by atoms with Gasteiger partial charge in [-0.1, -0.05) is 76.6 Å². The minimum atomic E-state index is -2.02. The summed E-state index contributed by atoms with van der Waals surface area (Å²) in [5.41, 5.74) is 0.0456. The molecular formula is C9H9Cl5N4. The average molecular weight is 350 g/mol. The molecule has 0 aromatic carbocycles. The minimum absolute atomic E-state index is 0.0514. The molecule has 0 saturated carbocycles. The third kappa shape index (κ3) is 3.15. The molecule has 0 atom stereocenters. The molecular weight excluding hydrogens is 341 g/mol. The van der Waals surface area contributed by atoms with Gasteiger partial charge >= 0.3 is 0 Å². The maximum absolute atomic E-state index is 9.12. The summed E-state index contributed by atoms with van der Waals surface area (Å²) < 4.78 is -2.56. The van der Waals surface area contributed by atoms with Crippen molar-refractivity contribution in [1.82, 2.24) is 15.0 Å². The largest absolute Gasteiger partial charge is 0.234 e. The highest BCUT2D eigenvalue weighted by molar-refractivity contribution is 6.75. The van der Waals surface area contributed by atoms with Crippen molar-refractivity contribution < 1.29 is 0 Å². The maximum Gasteiger partial charge on any atom is 0.228 e. The van der Waals surface area contributed by atoms with E-state index in [-0.39, 0.29) is 11.4 Å². The number of nitriles is 1. The molecule has 0 fully saturated rings. The molecule has 1 rings (SSSR count). The fraction of sp³-hybridized carbons (Fsp3) is 0.667. The summed E-state index contributed by atoms with van der Waals surface area (Å²) in [4.78, 5) is 0. The Morgan fingerprint density at radius 3 is 2.33 bits per heavy atom. The molecule has 0 unspecified atom stereocenters. The maximum atomic E-state index is 9.12. The van der Waals surface area contributed by atoms with Crippen molar-refractivity contribution >= 4 is 58.0 Å². The average Bonchev–Trinajstić information content (AvgIpc) is 2.67. The van der Waals surface area contributed by atoms with Crippen molar-refractivity contribution in [3.8, 4) is 6.07 Å². The first-order valence-electron chi connectivity index (χ1n) is 5.04. The van der Waals surface area contributed by atoms with E-state index in [9.17, 15) is 0 Å². The summed E-state index contributed by atoms with van der Waals surface area (Å²) >= 11 is 29.0. The van der Waals surface area contributed by atoms with Crippen LogP contribution in [0, 0.1) is 11.3 Å². The van der Waals surface area contributed by atoms with E-state index in [1.807, 2.05) is 13.0 Å². The molecule has 1 aromatic rings. The van der Waals surface area contributed by atoms with Crippen LogP contribution in [0.25, 0.3) is 0 Å². The second-order valence-electron chi connectivity index (χ2n) is 3.55. The van der Waals surface area contributed by atoms with Crippen molar-refractivity contribution in [1.29, 1.82) is 5.26 Å². The number of alkyl halides is 5. The van der Waals surface area contributed by atoms with Gasteiger partial charge < -0.3 is 0 Å². The molecule has 1 heterocycles. The molecule has 0 amide bonds. The van der Waals surface area contributed by atoms with Gasteiger partial charge in [-0.15, -0.1) is 5.10 Å². The van der Waals surface area contributed by atoms with E-state index in [1.165, 1.54) is 4.68 Å². The Morgan fingerprint density at radius 2 is 1.89 bits per heavy atom. The third-order valence-electron chi connectivity index (χ3n) is 2.22. The molecule has 100 valence electrons. The summed E-state index contributed by atoms with van der Waals surface area (Å²) in [6, 6.07) is 1.92. The summed E-state index contributed by atoms with van der Waals surface area (Å²) in [6.07, 6.45) is 1.78. The van der Waals surface area contributed by atoms with Crippen LogP contribution in [0.3, 0.4) is 0 Å². The predicted octanol–water partition coefficient (Wildman–Crippen LogP) is 3.95. The van der Waals surface area contributed by atoms with Gasteiger partial charge in [0.05, 0.1) is 0 Å². The highest BCUT2D eigenvalue weighted by atomic mass is 35.6. The van der Waals surface area contributed by atoms with Gasteiger partial charge in [0.1, 0.15) is 11.8 Å². The van der Waals surface area contributed by atoms with Crippen LogP contribution in [-0.2, 0) is 10.9 Å². The lowest BCUT2D eigenvalue weighted by Gasteiger charge is -2.25. The van der Waals surface area contributed by atoms with Crippen molar-refractivity contribution in [3.63, 3.8) is 0 Å². The van der Waals surface area contributed by atoms with E-state index in [0.717, 1.165) is 12.8 Å². The number of aromatic nitrogens is 3. The lowest BCUT2D eigenvalue weighted by Crippen LogP contribution is -2.29. The van der Waals surface area contributed by atoms with E-state index in [4.69, 9.17) is 63.3 Å². The Bertz CT molecular complexity index is 457. The Morgan fingerprint density at radius 1 is 1.28 bits per heavy atom. The van der Waals surface area contributed by atoms with Crippen LogP contribution < -0.4 is 0 Å². The van der Waals surface area contributed by atoms with Crippen molar-refractivity contribution in [2.75, 3.05) is 0 Å². The van der Waals surface area contributed by atoms with E-state index >= 15 is 0 Å². The molecule has 18 heavy (non-hydrogen) atoms. The molecule has 0 saturated heterocycles. The Hall–Kier alpha value is 0.0800. The molecule has 0 bridgehead atoms. The molecule has 9 heteroatoms. The van der Waals surface area contributed by atoms with Gasteiger partial charge in [0.15, 0.2) is 5.69 Å². The SMILES string of the molecule is CCCCn1nnc(C(Cl)(Cl)C(Cl)(Cl)Cl)c1C#N. The summed E-state index contributed by atoms with van der Waals surface area (Å²) in [7, 11) is 0. The third-order valence-corrected chi connectivity index (χ3v) is 4.57. The fourth-order valence-electron chi connectivity index (χ4n) is 1.23. The van der Waals surface area contributed by atoms with E-state index < -0.39 is 8.13 Å². The Labute approximate surface area is 130 Å². The fourth-order valence-corrected chi connectivity index (χ4v) is 1.76. The van der Waals surface area contributed by atoms with Crippen LogP contribution in [0.15, 0.2) is 0 Å². The predicted molar refractivity (Wildman–Crippen MR) is 73.3 cm³/mol. The van der Waals surface area contributed by atoms with Crippen LogP contribution in [0.5, 0.6) is 0 Å². The normalized spacial score (nSPS) is 12.5. The molecule has 0 N–H and O–H groups in total. The lowest BCUT2D eigenvalue weighted by molar-refractivity contribution is 0.548. The van der Waals surface area contributed by atoms with Gasteiger partial charge in [-0.25, -0.2) is 4.68 Å². The quantitative estimate of drug-likeness (QED) is 0.773. The van der Waals surface area contributed by atoms with Crippen LogP contribution in [0.2, 0.25) is 0 Å². The highest BCUT2D eigenvalue weighted by Gasteiger charge is 2.51. The van der Waals surface area contributed by atoms with Gasteiger partial charge in [-0.2, -0.15) is 5.26 Å². The van der Waals surface area contributed by atoms with E-state index in [0.29, 0.717) is 6.54 Å². The number of unbranched alkanes of at least 4 members (excludes halogenated alkanes) is 1. The zero-order valence-electron chi connectivity index (χ0n) is 9.30. The first kappa shape index (κ1) is 16.1. The smallest absolute Gasteiger partial charge is 0.228 e. The number of nitrogens with zero attached hydrogens (tertiary/aromatic N) is 4. The van der Waals surface area contributed by atoms with Crippen LogP contribution in [0.4, 0.5) is 0 Å². The number of rotatable bonds is 4. The van der Waals surface area contributed by atoms with E-state index in [2.05, 4.69) is 10.3 Å². The second-order valence-corrected chi connectivity index (χ2v) is 7.16. The van der Waals surface area contributed by atoms with Crippen LogP contribution in [-0.4, -0.2) is 18.8 Å². The molecule has 4 nitrogen and oxygen atoms in total. The molecule has 0 aliphatic carbocycles. The van der Waals surface area contributed by atoms with Crippen molar-refractivity contribution in [2.24, 2.45) is 0 Å². The first-order valence-corrected chi connectivity index (χ1v) is 6.93. The molecule has 0 radical (unpaired) electrons. The van der Waals surface area contributed by atoms with Crippen LogP contribution >= 0.6 is 58.0 Å². The Balaban J connectivity index is 3.20. The van der Waals surface area contributed by atoms with Gasteiger partial charge in [0.2, 0.25) is 8.13 Å². The van der Waals surface area contributed by atoms with Gasteiger partial charge in [0.25, 0.3) is 0 Å². The number of hydrogen-bond donors (Lipinski definition) is 0. The Kier molecular flexibility index (Phi) is 5.40. The summed E-state index contributed by atoms with van der Waals surface area (Å²) in [6.45, 7) is 2.54. The molecule has 1 aromatic heterocycles.